The molecule has 0 aliphatic heterocycles. The van der Waals surface area contributed by atoms with E-state index in [1.165, 1.54) is 0 Å². The fourth-order valence-corrected chi connectivity index (χ4v) is 2.75. The number of primary amides is 1. The van der Waals surface area contributed by atoms with Gasteiger partial charge in [0, 0.05) is 10.9 Å². The Balaban J connectivity index is 2.32. The number of carbonyl (C=O) groups excluding carboxylic acids is 1. The number of aliphatic hydroxyl groups excluding tert-OH is 1. The Labute approximate surface area is 133 Å². The zero-order chi connectivity index (χ0) is 16.6. The fourth-order valence-electron chi connectivity index (χ4n) is 2.75. The van der Waals surface area contributed by atoms with Gasteiger partial charge in [-0.05, 0) is 35.7 Å². The molecule has 0 radical (unpaired) electrons. The van der Waals surface area contributed by atoms with Crippen LogP contribution in [0.25, 0.3) is 22.0 Å². The van der Waals surface area contributed by atoms with Crippen molar-refractivity contribution < 1.29 is 9.90 Å². The van der Waals surface area contributed by atoms with E-state index < -0.39 is 5.91 Å². The number of H-pyrrole nitrogens is 1. The SMILES string of the molecule is Cc1c(C(N)=O)[nH]c2c(-c3ccc(CO)cc3)cc(C#N)cc12. The van der Waals surface area contributed by atoms with Gasteiger partial charge in [0.15, 0.2) is 0 Å². The predicted molar refractivity (Wildman–Crippen MR) is 87.6 cm³/mol. The number of aryl methyl sites for hydroxylation is 1. The molecule has 5 nitrogen and oxygen atoms in total. The van der Waals surface area contributed by atoms with Gasteiger partial charge in [-0.3, -0.25) is 4.79 Å². The third-order valence-corrected chi connectivity index (χ3v) is 3.99. The number of aromatic amines is 1. The van der Waals surface area contributed by atoms with Crippen LogP contribution in [0.5, 0.6) is 0 Å². The molecule has 0 fully saturated rings. The molecule has 2 aromatic carbocycles. The Morgan fingerprint density at radius 3 is 2.57 bits per heavy atom. The summed E-state index contributed by atoms with van der Waals surface area (Å²) < 4.78 is 0. The largest absolute Gasteiger partial charge is 0.392 e. The maximum atomic E-state index is 11.6. The molecule has 0 saturated carbocycles. The molecule has 4 N–H and O–H groups in total. The number of nitrogens with two attached hydrogens (primary N) is 1. The second-order valence-electron chi connectivity index (χ2n) is 5.40. The van der Waals surface area contributed by atoms with Gasteiger partial charge in [0.2, 0.25) is 0 Å². The van der Waals surface area contributed by atoms with Gasteiger partial charge in [-0.1, -0.05) is 24.3 Å². The van der Waals surface area contributed by atoms with Crippen molar-refractivity contribution in [3.63, 3.8) is 0 Å². The molecular weight excluding hydrogens is 290 g/mol. The maximum absolute atomic E-state index is 11.6. The van der Waals surface area contributed by atoms with Crippen LogP contribution >= 0.6 is 0 Å². The standard InChI is InChI=1S/C18H15N3O2/c1-10-14-6-12(8-19)7-15(17(14)21-16(10)18(20)23)13-4-2-11(9-22)3-5-13/h2-7,21-22H,9H2,1H3,(H2,20,23). The molecule has 0 aliphatic rings. The van der Waals surface area contributed by atoms with Gasteiger partial charge in [-0.25, -0.2) is 0 Å². The number of nitrogens with one attached hydrogen (secondary N) is 1. The quantitative estimate of drug-likeness (QED) is 0.693. The number of aliphatic hydroxyl groups is 1. The summed E-state index contributed by atoms with van der Waals surface area (Å²) in [4.78, 5) is 14.7. The van der Waals surface area contributed by atoms with Crippen molar-refractivity contribution in [1.82, 2.24) is 4.98 Å². The lowest BCUT2D eigenvalue weighted by Crippen LogP contribution is -2.12. The lowest BCUT2D eigenvalue weighted by atomic mass is 9.98. The fraction of sp³-hybridized carbons (Fsp3) is 0.111. The van der Waals surface area contributed by atoms with E-state index in [4.69, 9.17) is 10.8 Å². The summed E-state index contributed by atoms with van der Waals surface area (Å²) in [6.07, 6.45) is 0. The summed E-state index contributed by atoms with van der Waals surface area (Å²) in [5.41, 5.74) is 10.3. The van der Waals surface area contributed by atoms with Crippen LogP contribution in [-0.2, 0) is 6.61 Å². The predicted octanol–water partition coefficient (Wildman–Crippen LogP) is 2.61. The molecule has 1 amide bonds. The monoisotopic (exact) mass is 305 g/mol. The van der Waals surface area contributed by atoms with Crippen LogP contribution in [0.1, 0.15) is 27.2 Å². The van der Waals surface area contributed by atoms with E-state index in [0.29, 0.717) is 11.3 Å². The number of benzene rings is 2. The van der Waals surface area contributed by atoms with Gasteiger partial charge in [-0.2, -0.15) is 5.26 Å². The molecule has 114 valence electrons. The van der Waals surface area contributed by atoms with Crippen LogP contribution in [-0.4, -0.2) is 16.0 Å². The van der Waals surface area contributed by atoms with Crippen molar-refractivity contribution in [2.45, 2.75) is 13.5 Å². The molecule has 0 saturated heterocycles. The molecular formula is C18H15N3O2. The first-order valence-corrected chi connectivity index (χ1v) is 7.11. The van der Waals surface area contributed by atoms with Crippen molar-refractivity contribution in [2.75, 3.05) is 0 Å². The number of aromatic nitrogens is 1. The Hall–Kier alpha value is -3.10. The number of amides is 1. The van der Waals surface area contributed by atoms with E-state index in [-0.39, 0.29) is 6.61 Å². The highest BCUT2D eigenvalue weighted by atomic mass is 16.3. The Kier molecular flexibility index (Phi) is 3.61. The van der Waals surface area contributed by atoms with E-state index in [0.717, 1.165) is 33.2 Å². The van der Waals surface area contributed by atoms with Gasteiger partial charge in [0.1, 0.15) is 5.69 Å². The smallest absolute Gasteiger partial charge is 0.265 e. The average molecular weight is 305 g/mol. The van der Waals surface area contributed by atoms with Crippen molar-refractivity contribution in [2.24, 2.45) is 5.73 Å². The molecule has 5 heteroatoms. The highest BCUT2D eigenvalue weighted by Crippen LogP contribution is 2.33. The molecule has 0 spiro atoms. The summed E-state index contributed by atoms with van der Waals surface area (Å²) in [6, 6.07) is 13.1. The van der Waals surface area contributed by atoms with Gasteiger partial charge < -0.3 is 15.8 Å². The van der Waals surface area contributed by atoms with Crippen LogP contribution in [0, 0.1) is 18.3 Å². The molecule has 0 unspecified atom stereocenters. The van der Waals surface area contributed by atoms with Crippen LogP contribution < -0.4 is 5.73 Å². The first-order chi connectivity index (χ1) is 11.0. The van der Waals surface area contributed by atoms with Crippen molar-refractivity contribution in [3.05, 3.63) is 58.8 Å². The summed E-state index contributed by atoms with van der Waals surface area (Å²) in [5, 5.41) is 19.2. The van der Waals surface area contributed by atoms with Gasteiger partial charge in [-0.15, -0.1) is 0 Å². The number of carbonyl (C=O) groups is 1. The number of rotatable bonds is 3. The topological polar surface area (TPSA) is 103 Å². The Morgan fingerprint density at radius 2 is 2.00 bits per heavy atom. The summed E-state index contributed by atoms with van der Waals surface area (Å²) in [5.74, 6) is -0.529. The molecule has 0 aliphatic carbocycles. The van der Waals surface area contributed by atoms with Crippen molar-refractivity contribution in [1.29, 1.82) is 5.26 Å². The molecule has 3 aromatic rings. The maximum Gasteiger partial charge on any atom is 0.265 e. The third kappa shape index (κ3) is 2.45. The zero-order valence-corrected chi connectivity index (χ0v) is 12.6. The Morgan fingerprint density at radius 1 is 1.30 bits per heavy atom. The summed E-state index contributed by atoms with van der Waals surface area (Å²) >= 11 is 0. The summed E-state index contributed by atoms with van der Waals surface area (Å²) in [6.45, 7) is 1.78. The number of nitriles is 1. The molecule has 0 bridgehead atoms. The van der Waals surface area contributed by atoms with Crippen LogP contribution in [0.3, 0.4) is 0 Å². The molecule has 3 rings (SSSR count). The van der Waals surface area contributed by atoms with E-state index in [1.807, 2.05) is 24.3 Å². The molecule has 1 aromatic heterocycles. The van der Waals surface area contributed by atoms with Crippen molar-refractivity contribution in [3.8, 4) is 17.2 Å². The van der Waals surface area contributed by atoms with Crippen LogP contribution in [0.2, 0.25) is 0 Å². The summed E-state index contributed by atoms with van der Waals surface area (Å²) in [7, 11) is 0. The van der Waals surface area contributed by atoms with Gasteiger partial charge >= 0.3 is 0 Å². The minimum absolute atomic E-state index is 0.0264. The highest BCUT2D eigenvalue weighted by Gasteiger charge is 2.16. The lowest BCUT2D eigenvalue weighted by Gasteiger charge is -2.06. The average Bonchev–Trinajstić information content (AvgIpc) is 2.91. The van der Waals surface area contributed by atoms with E-state index in [2.05, 4.69) is 11.1 Å². The van der Waals surface area contributed by atoms with Crippen LogP contribution in [0.4, 0.5) is 0 Å². The molecule has 0 atom stereocenters. The first kappa shape index (κ1) is 14.8. The number of hydrogen-bond donors (Lipinski definition) is 3. The number of fused-ring (bicyclic) bond motifs is 1. The second kappa shape index (κ2) is 5.59. The minimum atomic E-state index is -0.529. The highest BCUT2D eigenvalue weighted by molar-refractivity contribution is 6.05. The first-order valence-electron chi connectivity index (χ1n) is 7.11. The lowest BCUT2D eigenvalue weighted by molar-refractivity contribution is 0.0996. The van der Waals surface area contributed by atoms with E-state index >= 15 is 0 Å². The van der Waals surface area contributed by atoms with E-state index in [9.17, 15) is 10.1 Å². The third-order valence-electron chi connectivity index (χ3n) is 3.99. The van der Waals surface area contributed by atoms with Gasteiger partial charge in [0.05, 0.1) is 23.8 Å². The van der Waals surface area contributed by atoms with Gasteiger partial charge in [0.25, 0.3) is 5.91 Å². The van der Waals surface area contributed by atoms with E-state index in [1.54, 1.807) is 19.1 Å². The zero-order valence-electron chi connectivity index (χ0n) is 12.6. The molecule has 23 heavy (non-hydrogen) atoms. The Bertz CT molecular complexity index is 947. The second-order valence-corrected chi connectivity index (χ2v) is 5.40. The number of hydrogen-bond acceptors (Lipinski definition) is 3. The minimum Gasteiger partial charge on any atom is -0.392 e. The number of nitrogens with zero attached hydrogens (tertiary/aromatic N) is 1. The van der Waals surface area contributed by atoms with Crippen molar-refractivity contribution >= 4 is 16.8 Å². The van der Waals surface area contributed by atoms with Crippen LogP contribution in [0.15, 0.2) is 36.4 Å². The normalized spacial score (nSPS) is 10.7. The molecule has 1 heterocycles.